The minimum Gasteiger partial charge on any atom is -0.353 e. The van der Waals surface area contributed by atoms with Crippen LogP contribution in [0.25, 0.3) is 11.3 Å². The number of carbonyl (C=O) groups excluding carboxylic acids is 2. The molecule has 5 rings (SSSR count). The molecule has 2 amide bonds. The molecule has 42 heavy (non-hydrogen) atoms. The molecule has 3 N–H and O–H groups in total. The van der Waals surface area contributed by atoms with Crippen LogP contribution in [0.15, 0.2) is 36.5 Å². The SMILES string of the molecule is CC(C)(F)C[C@H](N)C(=O)N([C@@H](c1ccc(-c2ncc(C3(C(=O)NC4CC4)CC3)cc2Cl)cc1)C(F)(F)F)C1(C#N)CC1. The highest BCUT2D eigenvalue weighted by molar-refractivity contribution is 6.33. The summed E-state index contributed by atoms with van der Waals surface area (Å²) in [5.41, 5.74) is 2.82. The van der Waals surface area contributed by atoms with Gasteiger partial charge in [0.05, 0.1) is 28.2 Å². The Morgan fingerprint density at radius 1 is 1.17 bits per heavy atom. The zero-order valence-electron chi connectivity index (χ0n) is 23.3. The van der Waals surface area contributed by atoms with Crippen LogP contribution in [0, 0.1) is 11.3 Å². The zero-order valence-corrected chi connectivity index (χ0v) is 24.0. The van der Waals surface area contributed by atoms with Gasteiger partial charge in [-0.05, 0) is 69.6 Å². The predicted octanol–water partition coefficient (Wildman–Crippen LogP) is 5.67. The van der Waals surface area contributed by atoms with E-state index in [0.717, 1.165) is 12.8 Å². The molecule has 3 aliphatic rings. The third-order valence-corrected chi connectivity index (χ3v) is 8.50. The van der Waals surface area contributed by atoms with Gasteiger partial charge in [-0.3, -0.25) is 14.6 Å². The number of rotatable bonds is 10. The number of nitrogens with one attached hydrogen (secondary N) is 1. The van der Waals surface area contributed by atoms with Crippen molar-refractivity contribution in [3.05, 3.63) is 52.7 Å². The summed E-state index contributed by atoms with van der Waals surface area (Å²) in [6.07, 6.45) is -0.470. The molecule has 7 nitrogen and oxygen atoms in total. The van der Waals surface area contributed by atoms with Crippen molar-refractivity contribution in [3.8, 4) is 17.3 Å². The molecule has 0 bridgehead atoms. The zero-order chi connectivity index (χ0) is 30.7. The quantitative estimate of drug-likeness (QED) is 0.339. The number of amides is 2. The number of hydrogen-bond acceptors (Lipinski definition) is 5. The van der Waals surface area contributed by atoms with Crippen molar-refractivity contribution >= 4 is 23.4 Å². The highest BCUT2D eigenvalue weighted by Crippen LogP contribution is 2.52. The van der Waals surface area contributed by atoms with E-state index in [4.69, 9.17) is 17.3 Å². The Morgan fingerprint density at radius 3 is 2.24 bits per heavy atom. The molecule has 12 heteroatoms. The third-order valence-electron chi connectivity index (χ3n) is 8.21. The summed E-state index contributed by atoms with van der Waals surface area (Å²) < 4.78 is 58.1. The van der Waals surface area contributed by atoms with Gasteiger partial charge in [-0.25, -0.2) is 4.39 Å². The molecule has 3 fully saturated rings. The minimum atomic E-state index is -4.95. The molecule has 2 atom stereocenters. The number of hydrogen-bond donors (Lipinski definition) is 2. The second kappa shape index (κ2) is 10.5. The van der Waals surface area contributed by atoms with Crippen LogP contribution in [0.2, 0.25) is 5.02 Å². The van der Waals surface area contributed by atoms with Gasteiger partial charge in [-0.1, -0.05) is 35.9 Å². The average molecular weight is 606 g/mol. The lowest BCUT2D eigenvalue weighted by Crippen LogP contribution is -2.55. The molecule has 1 aromatic carbocycles. The van der Waals surface area contributed by atoms with Gasteiger partial charge in [-0.2, -0.15) is 18.4 Å². The second-order valence-electron chi connectivity index (χ2n) is 12.3. The maximum atomic E-state index is 14.6. The first-order valence-corrected chi connectivity index (χ1v) is 14.3. The van der Waals surface area contributed by atoms with Gasteiger partial charge in [0.2, 0.25) is 11.8 Å². The Labute approximate surface area is 246 Å². The molecule has 0 saturated heterocycles. The maximum absolute atomic E-state index is 14.6. The number of halogens is 5. The number of benzene rings is 1. The molecule has 0 radical (unpaired) electrons. The summed E-state index contributed by atoms with van der Waals surface area (Å²) in [6.45, 7) is 2.36. The van der Waals surface area contributed by atoms with Crippen molar-refractivity contribution in [2.75, 3.05) is 0 Å². The number of aromatic nitrogens is 1. The third kappa shape index (κ3) is 5.97. The Hall–Kier alpha value is -3.23. The largest absolute Gasteiger partial charge is 0.413 e. The maximum Gasteiger partial charge on any atom is 0.413 e. The van der Waals surface area contributed by atoms with E-state index in [1.807, 2.05) is 6.07 Å². The van der Waals surface area contributed by atoms with Crippen LogP contribution in [0.3, 0.4) is 0 Å². The fraction of sp³-hybridized carbons (Fsp3) is 0.533. The van der Waals surface area contributed by atoms with Crippen molar-refractivity contribution < 1.29 is 27.2 Å². The summed E-state index contributed by atoms with van der Waals surface area (Å²) in [4.78, 5) is 31.0. The molecule has 1 heterocycles. The van der Waals surface area contributed by atoms with Crippen LogP contribution in [0.1, 0.15) is 76.0 Å². The smallest absolute Gasteiger partial charge is 0.353 e. The summed E-state index contributed by atoms with van der Waals surface area (Å²) in [6, 6.07) is 4.96. The van der Waals surface area contributed by atoms with Crippen molar-refractivity contribution in [1.29, 1.82) is 5.26 Å². The van der Waals surface area contributed by atoms with Gasteiger partial charge < -0.3 is 16.0 Å². The molecule has 224 valence electrons. The van der Waals surface area contributed by atoms with Crippen LogP contribution in [0.5, 0.6) is 0 Å². The van der Waals surface area contributed by atoms with Crippen molar-refractivity contribution in [2.45, 2.75) is 99.7 Å². The lowest BCUT2D eigenvalue weighted by Gasteiger charge is -2.38. The van der Waals surface area contributed by atoms with Gasteiger partial charge in [0.1, 0.15) is 11.2 Å². The predicted molar refractivity (Wildman–Crippen MR) is 148 cm³/mol. The molecule has 0 aliphatic heterocycles. The van der Waals surface area contributed by atoms with E-state index in [-0.39, 0.29) is 35.4 Å². The molecule has 0 spiro atoms. The number of nitriles is 1. The Bertz CT molecular complexity index is 1420. The monoisotopic (exact) mass is 605 g/mol. The van der Waals surface area contributed by atoms with E-state index >= 15 is 0 Å². The molecule has 1 aromatic heterocycles. The van der Waals surface area contributed by atoms with Gasteiger partial charge >= 0.3 is 6.18 Å². The van der Waals surface area contributed by atoms with Crippen molar-refractivity contribution in [2.24, 2.45) is 5.73 Å². The first-order chi connectivity index (χ1) is 19.6. The fourth-order valence-electron chi connectivity index (χ4n) is 5.44. The Morgan fingerprint density at radius 2 is 1.79 bits per heavy atom. The lowest BCUT2D eigenvalue weighted by atomic mass is 9.94. The van der Waals surface area contributed by atoms with E-state index in [1.165, 1.54) is 38.1 Å². The standard InChI is InChI=1S/C30H32ClF4N5O2/c1-27(2,32)14-22(37)25(41)40(28(16-36)9-10-28)24(30(33,34)35)18-5-3-17(4-6-18)23-21(31)13-19(15-38-23)29(11-12-29)26(42)39-20-7-8-20/h3-6,13,15,20,22,24H,7-12,14,37H2,1-2H3,(H,39,42)/t22-,24-/m0/s1. The summed E-state index contributed by atoms with van der Waals surface area (Å²) in [7, 11) is 0. The molecule has 3 aliphatic carbocycles. The van der Waals surface area contributed by atoms with Gasteiger partial charge in [0.25, 0.3) is 0 Å². The van der Waals surface area contributed by atoms with Crippen LogP contribution in [-0.2, 0) is 15.0 Å². The van der Waals surface area contributed by atoms with Crippen LogP contribution >= 0.6 is 11.6 Å². The van der Waals surface area contributed by atoms with Crippen LogP contribution < -0.4 is 11.1 Å². The van der Waals surface area contributed by atoms with Gasteiger partial charge in [0.15, 0.2) is 6.04 Å². The Balaban J connectivity index is 1.43. The molecular weight excluding hydrogens is 574 g/mol. The van der Waals surface area contributed by atoms with E-state index in [1.54, 1.807) is 12.3 Å². The first kappa shape index (κ1) is 30.2. The normalized spacial score (nSPS) is 20.2. The van der Waals surface area contributed by atoms with Gasteiger partial charge in [-0.15, -0.1) is 0 Å². The van der Waals surface area contributed by atoms with E-state index < -0.39 is 47.2 Å². The van der Waals surface area contributed by atoms with Crippen LogP contribution in [-0.4, -0.2) is 51.2 Å². The van der Waals surface area contributed by atoms with E-state index in [9.17, 15) is 32.4 Å². The van der Waals surface area contributed by atoms with Crippen molar-refractivity contribution in [3.63, 3.8) is 0 Å². The minimum absolute atomic E-state index is 0.0436. The molecular formula is C30H32ClF4N5O2. The second-order valence-corrected chi connectivity index (χ2v) is 12.7. The number of nitrogens with zero attached hydrogens (tertiary/aromatic N) is 3. The van der Waals surface area contributed by atoms with E-state index in [0.29, 0.717) is 34.6 Å². The summed E-state index contributed by atoms with van der Waals surface area (Å²) >= 11 is 6.55. The fourth-order valence-corrected chi connectivity index (χ4v) is 5.72. The number of carbonyl (C=O) groups is 2. The first-order valence-electron chi connectivity index (χ1n) is 13.9. The number of alkyl halides is 4. The van der Waals surface area contributed by atoms with E-state index in [2.05, 4.69) is 10.3 Å². The highest BCUT2D eigenvalue weighted by atomic mass is 35.5. The molecule has 0 unspecified atom stereocenters. The van der Waals surface area contributed by atoms with Crippen LogP contribution in [0.4, 0.5) is 17.6 Å². The Kier molecular flexibility index (Phi) is 7.55. The average Bonchev–Trinajstić information content (AvgIpc) is 3.77. The van der Waals surface area contributed by atoms with Gasteiger partial charge in [0, 0.05) is 24.2 Å². The number of nitrogens with two attached hydrogens (primary N) is 1. The number of pyridine rings is 1. The molecule has 3 saturated carbocycles. The van der Waals surface area contributed by atoms with Crippen molar-refractivity contribution in [1.82, 2.24) is 15.2 Å². The lowest BCUT2D eigenvalue weighted by molar-refractivity contribution is -0.198. The topological polar surface area (TPSA) is 112 Å². The summed E-state index contributed by atoms with van der Waals surface area (Å²) in [5.74, 6) is -1.18. The highest BCUT2D eigenvalue weighted by Gasteiger charge is 2.60. The summed E-state index contributed by atoms with van der Waals surface area (Å²) in [5, 5.41) is 13.0. The molecule has 2 aromatic rings.